The lowest BCUT2D eigenvalue weighted by molar-refractivity contribution is -0.873. The topological polar surface area (TPSA) is 60.4 Å². The van der Waals surface area contributed by atoms with E-state index in [9.17, 15) is 9.90 Å². The van der Waals surface area contributed by atoms with Crippen LogP contribution in [-0.2, 0) is 0 Å². The van der Waals surface area contributed by atoms with Crippen molar-refractivity contribution in [2.75, 3.05) is 33.6 Å². The number of hydrogen-bond acceptors (Lipinski definition) is 3. The summed E-state index contributed by atoms with van der Waals surface area (Å²) in [5, 5.41) is 19.1. The van der Waals surface area contributed by atoms with Crippen LogP contribution < -0.4 is 5.11 Å². The number of aromatic carboxylic acids is 1. The molecule has 4 nitrogen and oxygen atoms in total. The fourth-order valence-corrected chi connectivity index (χ4v) is 1.35. The van der Waals surface area contributed by atoms with Crippen molar-refractivity contribution in [2.45, 2.75) is 6.10 Å². The molecule has 0 radical (unpaired) electrons. The molecule has 0 heterocycles. The fourth-order valence-electron chi connectivity index (χ4n) is 1.26. The summed E-state index contributed by atoms with van der Waals surface area (Å²) in [6, 6.07) is 8.06. The lowest BCUT2D eigenvalue weighted by Crippen LogP contribution is -2.41. The summed E-state index contributed by atoms with van der Waals surface area (Å²) in [5.41, 5.74) is 0.220. The van der Waals surface area contributed by atoms with Gasteiger partial charge in [0.1, 0.15) is 12.6 Å². The summed E-state index contributed by atoms with van der Waals surface area (Å²) < 4.78 is 0.758. The van der Waals surface area contributed by atoms with Crippen LogP contribution in [0.2, 0.25) is 0 Å². The normalized spacial score (nSPS) is 11.6. The second-order valence-corrected chi connectivity index (χ2v) is 5.24. The van der Waals surface area contributed by atoms with Crippen molar-refractivity contribution in [2.24, 2.45) is 0 Å². The highest BCUT2D eigenvalue weighted by Crippen LogP contribution is 1.96. The monoisotopic (exact) mass is 309 g/mol. The molecular formula is C13H21Cl2NO3. The molecule has 0 aliphatic carbocycles. The van der Waals surface area contributed by atoms with Crippen LogP contribution in [0.4, 0.5) is 0 Å². The van der Waals surface area contributed by atoms with Gasteiger partial charge >= 0.3 is 0 Å². The molecule has 0 bridgehead atoms. The number of aliphatic hydroxyl groups excluding tert-OH is 1. The van der Waals surface area contributed by atoms with Gasteiger partial charge in [-0.3, -0.25) is 0 Å². The number of carbonyl (C=O) groups is 1. The highest BCUT2D eigenvalue weighted by Gasteiger charge is 2.13. The average Bonchev–Trinajstić information content (AvgIpc) is 2.28. The van der Waals surface area contributed by atoms with E-state index in [1.54, 1.807) is 18.2 Å². The van der Waals surface area contributed by atoms with E-state index in [1.165, 1.54) is 12.1 Å². The van der Waals surface area contributed by atoms with Crippen LogP contribution in [0.5, 0.6) is 0 Å². The summed E-state index contributed by atoms with van der Waals surface area (Å²) >= 11 is 5.40. The number of carboxylic acid groups (broad SMARTS) is 1. The largest absolute Gasteiger partial charge is 0.545 e. The first-order valence-electron chi connectivity index (χ1n) is 5.57. The van der Waals surface area contributed by atoms with Crippen molar-refractivity contribution >= 4 is 30.0 Å². The Hall–Kier alpha value is -0.810. The van der Waals surface area contributed by atoms with E-state index in [2.05, 4.69) is 0 Å². The van der Waals surface area contributed by atoms with Crippen LogP contribution >= 0.6 is 24.0 Å². The Labute approximate surface area is 125 Å². The number of benzene rings is 1. The quantitative estimate of drug-likeness (QED) is 0.660. The fraction of sp³-hybridized carbons (Fsp3) is 0.462. The van der Waals surface area contributed by atoms with Gasteiger partial charge in [0.2, 0.25) is 0 Å². The first-order chi connectivity index (χ1) is 8.26. The number of carboxylic acids is 1. The van der Waals surface area contributed by atoms with Crippen LogP contribution in [0, 0.1) is 0 Å². The Morgan fingerprint density at radius 2 is 1.79 bits per heavy atom. The molecule has 0 spiro atoms. The molecule has 0 fully saturated rings. The van der Waals surface area contributed by atoms with Gasteiger partial charge in [-0.1, -0.05) is 30.3 Å². The molecule has 0 aliphatic heterocycles. The minimum atomic E-state index is -1.13. The van der Waals surface area contributed by atoms with Gasteiger partial charge in [0.25, 0.3) is 0 Å². The number of hydrogen-bond donors (Lipinski definition) is 1. The molecule has 0 amide bonds. The molecule has 6 heteroatoms. The predicted molar refractivity (Wildman–Crippen MR) is 77.6 cm³/mol. The zero-order valence-electron chi connectivity index (χ0n) is 11.4. The standard InChI is InChI=1S/C7H6O2.C6H15ClNO.ClH/c8-7(9)6-4-2-1-3-5-6;1-8(2,3)5-6(9)4-7;/h1-5H,(H,8,9);6,9H,4-5H2,1-3H3;1H/q;+1;/p-1. The van der Waals surface area contributed by atoms with Crippen molar-refractivity contribution in [1.82, 2.24) is 0 Å². The van der Waals surface area contributed by atoms with Gasteiger partial charge in [0.05, 0.1) is 33.0 Å². The van der Waals surface area contributed by atoms with Crippen LogP contribution in [0.3, 0.4) is 0 Å². The highest BCUT2D eigenvalue weighted by atomic mass is 35.5. The summed E-state index contributed by atoms with van der Waals surface area (Å²) in [5.74, 6) is -0.800. The second kappa shape index (κ2) is 10.0. The lowest BCUT2D eigenvalue weighted by Gasteiger charge is -2.25. The van der Waals surface area contributed by atoms with E-state index in [4.69, 9.17) is 16.7 Å². The third-order valence-corrected chi connectivity index (χ3v) is 2.30. The summed E-state index contributed by atoms with van der Waals surface area (Å²) in [7, 11) is 6.07. The molecule has 0 aromatic heterocycles. The maximum Gasteiger partial charge on any atom is 0.116 e. The van der Waals surface area contributed by atoms with Crippen LogP contribution in [0.15, 0.2) is 30.3 Å². The predicted octanol–water partition coefficient (Wildman–Crippen LogP) is 0.764. The van der Waals surface area contributed by atoms with Crippen molar-refractivity contribution in [1.29, 1.82) is 0 Å². The number of alkyl halides is 1. The molecule has 0 saturated heterocycles. The number of nitrogens with zero attached hydrogens (tertiary/aromatic N) is 1. The molecule has 0 aliphatic rings. The van der Waals surface area contributed by atoms with E-state index in [-0.39, 0.29) is 24.1 Å². The minimum Gasteiger partial charge on any atom is -0.545 e. The Morgan fingerprint density at radius 1 is 1.32 bits per heavy atom. The second-order valence-electron chi connectivity index (χ2n) is 4.93. The first kappa shape index (κ1) is 20.5. The van der Waals surface area contributed by atoms with E-state index < -0.39 is 5.97 Å². The first-order valence-corrected chi connectivity index (χ1v) is 6.10. The molecule has 110 valence electrons. The van der Waals surface area contributed by atoms with E-state index in [1.807, 2.05) is 21.1 Å². The molecule has 1 unspecified atom stereocenters. The third-order valence-electron chi connectivity index (χ3n) is 1.95. The Balaban J connectivity index is 0. The van der Waals surface area contributed by atoms with Crippen molar-refractivity contribution in [3.63, 3.8) is 0 Å². The van der Waals surface area contributed by atoms with Gasteiger partial charge in [-0.25, -0.2) is 0 Å². The Morgan fingerprint density at radius 3 is 2.00 bits per heavy atom. The van der Waals surface area contributed by atoms with Crippen LogP contribution in [0.1, 0.15) is 10.4 Å². The minimum absolute atomic E-state index is 0. The maximum atomic E-state index is 10.1. The van der Waals surface area contributed by atoms with Crippen LogP contribution in [0.25, 0.3) is 0 Å². The van der Waals surface area contributed by atoms with Gasteiger partial charge < -0.3 is 19.5 Å². The highest BCUT2D eigenvalue weighted by molar-refractivity contribution is 6.18. The zero-order chi connectivity index (χ0) is 14.2. The van der Waals surface area contributed by atoms with Crippen LogP contribution in [-0.4, -0.2) is 55.2 Å². The number of rotatable bonds is 4. The molecule has 1 aromatic rings. The number of aliphatic hydroxyl groups is 1. The number of carbonyl (C=O) groups excluding carboxylic acids is 1. The lowest BCUT2D eigenvalue weighted by atomic mass is 10.2. The molecule has 1 aromatic carbocycles. The molecule has 19 heavy (non-hydrogen) atoms. The van der Waals surface area contributed by atoms with Crippen molar-refractivity contribution in [3.8, 4) is 0 Å². The van der Waals surface area contributed by atoms with E-state index >= 15 is 0 Å². The van der Waals surface area contributed by atoms with Crippen molar-refractivity contribution < 1.29 is 19.5 Å². The number of halogens is 2. The van der Waals surface area contributed by atoms with Gasteiger partial charge in [-0.2, -0.15) is 0 Å². The summed E-state index contributed by atoms with van der Waals surface area (Å²) in [4.78, 5) is 10.1. The summed E-state index contributed by atoms with van der Waals surface area (Å²) in [6.07, 6.45) is -0.369. The van der Waals surface area contributed by atoms with Gasteiger partial charge in [0, 0.05) is 0 Å². The Bertz CT molecular complexity index is 353. The van der Waals surface area contributed by atoms with E-state index in [0.717, 1.165) is 4.48 Å². The van der Waals surface area contributed by atoms with Gasteiger partial charge in [-0.15, -0.1) is 24.0 Å². The molecule has 1 rings (SSSR count). The maximum absolute atomic E-state index is 10.1. The summed E-state index contributed by atoms with van der Waals surface area (Å²) in [6.45, 7) is 0.712. The average molecular weight is 310 g/mol. The molecule has 0 saturated carbocycles. The van der Waals surface area contributed by atoms with Gasteiger partial charge in [0.15, 0.2) is 0 Å². The number of quaternary nitrogens is 1. The zero-order valence-corrected chi connectivity index (χ0v) is 12.9. The third kappa shape index (κ3) is 12.0. The smallest absolute Gasteiger partial charge is 0.116 e. The molecular weight excluding hydrogens is 289 g/mol. The SMILES string of the molecule is C[N+](C)(C)CC(O)CCl.Cl.O=C([O-])c1ccccc1. The van der Waals surface area contributed by atoms with Crippen molar-refractivity contribution in [3.05, 3.63) is 35.9 Å². The molecule has 1 N–H and O–H groups in total. The Kier molecular flexibility index (Phi) is 10.8. The van der Waals surface area contributed by atoms with E-state index in [0.29, 0.717) is 12.4 Å². The number of likely N-dealkylation sites (N-methyl/N-ethyl adjacent to an activating group) is 1. The van der Waals surface area contributed by atoms with Gasteiger partial charge in [-0.05, 0) is 5.56 Å². The molecule has 1 atom stereocenters.